The fourth-order valence-corrected chi connectivity index (χ4v) is 2.77. The normalized spacial score (nSPS) is 19.0. The van der Waals surface area contributed by atoms with Gasteiger partial charge in [0, 0.05) is 24.4 Å². The van der Waals surface area contributed by atoms with Gasteiger partial charge in [-0.1, -0.05) is 0 Å². The van der Waals surface area contributed by atoms with E-state index in [1.54, 1.807) is 11.5 Å². The topological polar surface area (TPSA) is 81.4 Å². The molecule has 0 aromatic carbocycles. The van der Waals surface area contributed by atoms with E-state index in [0.29, 0.717) is 18.7 Å². The molecule has 0 amide bonds. The van der Waals surface area contributed by atoms with Crippen molar-refractivity contribution in [3.05, 3.63) is 27.4 Å². The predicted octanol–water partition coefficient (Wildman–Crippen LogP) is 1.23. The fourth-order valence-electron chi connectivity index (χ4n) is 2.77. The summed E-state index contributed by atoms with van der Waals surface area (Å²) in [6.07, 6.45) is 2.26. The lowest BCUT2D eigenvalue weighted by molar-refractivity contribution is -0.136. The average Bonchev–Trinajstić information content (AvgIpc) is 2.38. The van der Waals surface area contributed by atoms with Crippen LogP contribution in [0.3, 0.4) is 0 Å². The van der Waals surface area contributed by atoms with Gasteiger partial charge in [0.2, 0.25) is 0 Å². The Bertz CT molecular complexity index is 559. The zero-order chi connectivity index (χ0) is 14.7. The van der Waals surface area contributed by atoms with Crippen LogP contribution in [0.2, 0.25) is 0 Å². The van der Waals surface area contributed by atoms with Gasteiger partial charge in [-0.2, -0.15) is 4.98 Å². The van der Waals surface area contributed by atoms with Crippen LogP contribution in [-0.2, 0) is 16.0 Å². The highest BCUT2D eigenvalue weighted by molar-refractivity contribution is 5.67. The van der Waals surface area contributed by atoms with Gasteiger partial charge in [0.25, 0.3) is 0 Å². The minimum absolute atomic E-state index is 0.00734. The number of carboxylic acids is 1. The summed E-state index contributed by atoms with van der Waals surface area (Å²) in [7, 11) is 0. The summed E-state index contributed by atoms with van der Waals surface area (Å²) < 4.78 is 7.10. The molecule has 0 aliphatic carbocycles. The number of hydrogen-bond donors (Lipinski definition) is 1. The van der Waals surface area contributed by atoms with Crippen molar-refractivity contribution in [2.75, 3.05) is 13.2 Å². The summed E-state index contributed by atoms with van der Waals surface area (Å²) in [4.78, 5) is 26.9. The van der Waals surface area contributed by atoms with Crippen molar-refractivity contribution in [1.29, 1.82) is 0 Å². The van der Waals surface area contributed by atoms with Crippen molar-refractivity contribution >= 4 is 5.97 Å². The lowest BCUT2D eigenvalue weighted by atomic mass is 10.0. The third-order valence-electron chi connectivity index (χ3n) is 3.79. The van der Waals surface area contributed by atoms with E-state index in [9.17, 15) is 9.59 Å². The Morgan fingerprint density at radius 2 is 2.25 bits per heavy atom. The molecule has 110 valence electrons. The molecular formula is C14H20N2O4. The third-order valence-corrected chi connectivity index (χ3v) is 3.79. The van der Waals surface area contributed by atoms with Gasteiger partial charge in [-0.15, -0.1) is 0 Å². The molecule has 2 rings (SSSR count). The maximum atomic E-state index is 12.1. The molecular weight excluding hydrogens is 260 g/mol. The first-order valence-electron chi connectivity index (χ1n) is 6.89. The number of carboxylic acid groups (broad SMARTS) is 1. The van der Waals surface area contributed by atoms with E-state index < -0.39 is 5.97 Å². The number of ether oxygens (including phenoxy) is 1. The highest BCUT2D eigenvalue weighted by atomic mass is 16.5. The fraction of sp³-hybridized carbons (Fsp3) is 0.643. The highest BCUT2D eigenvalue weighted by Gasteiger charge is 2.21. The van der Waals surface area contributed by atoms with Gasteiger partial charge in [0.05, 0.1) is 12.6 Å². The molecule has 1 aromatic rings. The van der Waals surface area contributed by atoms with E-state index in [-0.39, 0.29) is 18.2 Å². The van der Waals surface area contributed by atoms with E-state index in [2.05, 4.69) is 4.98 Å². The van der Waals surface area contributed by atoms with Crippen LogP contribution in [0.25, 0.3) is 0 Å². The van der Waals surface area contributed by atoms with Crippen molar-refractivity contribution < 1.29 is 14.6 Å². The van der Waals surface area contributed by atoms with E-state index in [0.717, 1.165) is 30.7 Å². The van der Waals surface area contributed by atoms with Gasteiger partial charge in [-0.3, -0.25) is 9.36 Å². The number of carbonyl (C=O) groups is 1. The molecule has 1 N–H and O–H groups in total. The van der Waals surface area contributed by atoms with Gasteiger partial charge >= 0.3 is 11.7 Å². The monoisotopic (exact) mass is 280 g/mol. The second-order valence-electron chi connectivity index (χ2n) is 5.18. The Labute approximate surface area is 117 Å². The highest BCUT2D eigenvalue weighted by Crippen LogP contribution is 2.22. The van der Waals surface area contributed by atoms with Crippen LogP contribution in [0.15, 0.2) is 4.79 Å². The Kier molecular flexibility index (Phi) is 4.54. The van der Waals surface area contributed by atoms with Gasteiger partial charge in [-0.25, -0.2) is 4.79 Å². The number of hydrogen-bond acceptors (Lipinski definition) is 4. The molecule has 1 aliphatic rings. The van der Waals surface area contributed by atoms with Crippen LogP contribution >= 0.6 is 0 Å². The Morgan fingerprint density at radius 1 is 1.50 bits per heavy atom. The predicted molar refractivity (Wildman–Crippen MR) is 73.0 cm³/mol. The molecule has 20 heavy (non-hydrogen) atoms. The molecule has 0 saturated carbocycles. The van der Waals surface area contributed by atoms with Gasteiger partial charge in [0.1, 0.15) is 0 Å². The maximum Gasteiger partial charge on any atom is 0.348 e. The number of aromatic nitrogens is 2. The van der Waals surface area contributed by atoms with E-state index in [1.807, 2.05) is 6.92 Å². The largest absolute Gasteiger partial charge is 0.481 e. The maximum absolute atomic E-state index is 12.1. The average molecular weight is 280 g/mol. The first kappa shape index (κ1) is 14.7. The zero-order valence-corrected chi connectivity index (χ0v) is 11.9. The van der Waals surface area contributed by atoms with Crippen molar-refractivity contribution in [1.82, 2.24) is 9.55 Å². The Hall–Kier alpha value is -1.69. The molecule has 1 saturated heterocycles. The molecule has 0 bridgehead atoms. The van der Waals surface area contributed by atoms with Gasteiger partial charge in [-0.05, 0) is 38.7 Å². The molecule has 0 spiro atoms. The molecule has 1 aliphatic heterocycles. The van der Waals surface area contributed by atoms with Gasteiger partial charge in [0.15, 0.2) is 0 Å². The summed E-state index contributed by atoms with van der Waals surface area (Å²) in [5.41, 5.74) is 2.04. The smallest absolute Gasteiger partial charge is 0.348 e. The number of aliphatic carboxylic acids is 1. The lowest BCUT2D eigenvalue weighted by Gasteiger charge is -2.27. The van der Waals surface area contributed by atoms with Crippen LogP contribution in [0.5, 0.6) is 0 Å². The molecule has 6 nitrogen and oxygen atoms in total. The first-order valence-corrected chi connectivity index (χ1v) is 6.89. The molecule has 1 atom stereocenters. The van der Waals surface area contributed by atoms with Crippen LogP contribution in [0.4, 0.5) is 0 Å². The first-order chi connectivity index (χ1) is 9.50. The standard InChI is InChI=1S/C14H20N2O4/c1-9-12(5-6-13(17)18)10(2)16(14(19)15-9)11-4-3-7-20-8-11/h11H,3-8H2,1-2H3,(H,17,18). The van der Waals surface area contributed by atoms with Crippen LogP contribution in [-0.4, -0.2) is 33.8 Å². The molecule has 1 unspecified atom stereocenters. The zero-order valence-electron chi connectivity index (χ0n) is 11.9. The van der Waals surface area contributed by atoms with Crippen LogP contribution < -0.4 is 5.69 Å². The summed E-state index contributed by atoms with van der Waals surface area (Å²) in [5, 5.41) is 8.82. The number of rotatable bonds is 4. The SMILES string of the molecule is Cc1nc(=O)n(C2CCCOC2)c(C)c1CCC(=O)O. The molecule has 6 heteroatoms. The van der Waals surface area contributed by atoms with Crippen LogP contribution in [0.1, 0.15) is 42.3 Å². The number of nitrogens with zero attached hydrogens (tertiary/aromatic N) is 2. The third kappa shape index (κ3) is 3.07. The van der Waals surface area contributed by atoms with Crippen molar-refractivity contribution in [2.24, 2.45) is 0 Å². The van der Waals surface area contributed by atoms with Crippen molar-refractivity contribution in [3.8, 4) is 0 Å². The van der Waals surface area contributed by atoms with Crippen molar-refractivity contribution in [2.45, 2.75) is 45.6 Å². The van der Waals surface area contributed by atoms with E-state index in [4.69, 9.17) is 9.84 Å². The second kappa shape index (κ2) is 6.17. The second-order valence-corrected chi connectivity index (χ2v) is 5.18. The molecule has 1 fully saturated rings. The van der Waals surface area contributed by atoms with Crippen molar-refractivity contribution in [3.63, 3.8) is 0 Å². The minimum Gasteiger partial charge on any atom is -0.481 e. The summed E-state index contributed by atoms with van der Waals surface area (Å²) >= 11 is 0. The summed E-state index contributed by atoms with van der Waals surface area (Å²) in [5.74, 6) is -0.845. The molecule has 1 aromatic heterocycles. The summed E-state index contributed by atoms with van der Waals surface area (Å²) in [6.45, 7) is 4.87. The van der Waals surface area contributed by atoms with E-state index in [1.165, 1.54) is 0 Å². The molecule has 2 heterocycles. The summed E-state index contributed by atoms with van der Waals surface area (Å²) in [6, 6.07) is 0.00734. The van der Waals surface area contributed by atoms with Gasteiger partial charge < -0.3 is 9.84 Å². The Balaban J connectivity index is 2.38. The minimum atomic E-state index is -0.845. The molecule has 0 radical (unpaired) electrons. The van der Waals surface area contributed by atoms with E-state index >= 15 is 0 Å². The Morgan fingerprint density at radius 3 is 2.85 bits per heavy atom. The number of aryl methyl sites for hydroxylation is 1. The quantitative estimate of drug-likeness (QED) is 0.897. The van der Waals surface area contributed by atoms with Crippen LogP contribution in [0, 0.1) is 13.8 Å². The lowest BCUT2D eigenvalue weighted by Crippen LogP contribution is -2.35.